The largest absolute Gasteiger partial charge is 0.264 e. The highest BCUT2D eigenvalue weighted by atomic mass is 32.1. The van der Waals surface area contributed by atoms with Crippen molar-refractivity contribution in [3.8, 4) is 56.2 Å². The number of rotatable bonds is 5. The normalized spacial score (nSPS) is 11.6. The van der Waals surface area contributed by atoms with E-state index < -0.39 is 0 Å². The molecule has 3 nitrogen and oxygen atoms in total. The van der Waals surface area contributed by atoms with Crippen molar-refractivity contribution in [3.05, 3.63) is 188 Å². The Labute approximate surface area is 321 Å². The van der Waals surface area contributed by atoms with Crippen LogP contribution in [0.4, 0.5) is 0 Å². The molecule has 55 heavy (non-hydrogen) atoms. The second kappa shape index (κ2) is 12.8. The quantitative estimate of drug-likeness (QED) is 0.166. The third-order valence-electron chi connectivity index (χ3n) is 10.8. The lowest BCUT2D eigenvalue weighted by atomic mass is 9.92. The molecule has 0 N–H and O–H groups in total. The average Bonchev–Trinajstić information content (AvgIpc) is 3.65. The van der Waals surface area contributed by atoms with Gasteiger partial charge in [0.2, 0.25) is 0 Å². The van der Waals surface area contributed by atoms with E-state index in [2.05, 4.69) is 175 Å². The number of hydrogen-bond donors (Lipinski definition) is 0. The summed E-state index contributed by atoms with van der Waals surface area (Å²) in [5, 5.41) is 10.1. The van der Waals surface area contributed by atoms with Crippen molar-refractivity contribution in [2.45, 2.75) is 0 Å². The molecule has 0 bridgehead atoms. The fourth-order valence-electron chi connectivity index (χ4n) is 8.02. The molecule has 0 saturated heterocycles. The van der Waals surface area contributed by atoms with Gasteiger partial charge in [0.15, 0.2) is 5.82 Å². The molecular weight excluding hydrogens is 687 g/mol. The van der Waals surface area contributed by atoms with Crippen LogP contribution in [-0.4, -0.2) is 15.0 Å². The molecule has 0 aliphatic carbocycles. The molecule has 0 amide bonds. The van der Waals surface area contributed by atoms with Gasteiger partial charge < -0.3 is 0 Å². The highest BCUT2D eigenvalue weighted by Crippen LogP contribution is 2.39. The van der Waals surface area contributed by atoms with E-state index in [0.717, 1.165) is 39.2 Å². The van der Waals surface area contributed by atoms with Gasteiger partial charge in [-0.1, -0.05) is 140 Å². The summed E-state index contributed by atoms with van der Waals surface area (Å²) in [6.45, 7) is 0. The van der Waals surface area contributed by atoms with Crippen molar-refractivity contribution in [1.29, 1.82) is 0 Å². The highest BCUT2D eigenvalue weighted by Gasteiger charge is 2.15. The first-order chi connectivity index (χ1) is 27.2. The minimum Gasteiger partial charge on any atom is -0.264 e. The maximum absolute atomic E-state index is 5.24. The van der Waals surface area contributed by atoms with E-state index in [1.165, 1.54) is 63.6 Å². The molecule has 256 valence electrons. The summed E-state index contributed by atoms with van der Waals surface area (Å²) in [6.07, 6.45) is 3.69. The van der Waals surface area contributed by atoms with E-state index in [4.69, 9.17) is 9.97 Å². The summed E-state index contributed by atoms with van der Waals surface area (Å²) in [6, 6.07) is 63.1. The summed E-state index contributed by atoms with van der Waals surface area (Å²) in [5.41, 5.74) is 9.38. The van der Waals surface area contributed by atoms with Crippen molar-refractivity contribution >= 4 is 63.8 Å². The molecule has 0 unspecified atom stereocenters. The van der Waals surface area contributed by atoms with Crippen LogP contribution in [0.2, 0.25) is 0 Å². The molecule has 11 rings (SSSR count). The third kappa shape index (κ3) is 5.46. The van der Waals surface area contributed by atoms with Crippen LogP contribution in [0.3, 0.4) is 0 Å². The molecular formula is C51H31N3S. The predicted molar refractivity (Wildman–Crippen MR) is 232 cm³/mol. The first kappa shape index (κ1) is 31.5. The molecule has 3 aromatic heterocycles. The Morgan fingerprint density at radius 2 is 0.818 bits per heavy atom. The first-order valence-electron chi connectivity index (χ1n) is 18.5. The summed E-state index contributed by atoms with van der Waals surface area (Å²) in [5.74, 6) is 0.688. The number of fused-ring (bicyclic) bond motifs is 9. The van der Waals surface area contributed by atoms with Gasteiger partial charge in [0.1, 0.15) is 0 Å². The van der Waals surface area contributed by atoms with Crippen molar-refractivity contribution in [2.24, 2.45) is 0 Å². The summed E-state index contributed by atoms with van der Waals surface area (Å²) >= 11 is 1.85. The van der Waals surface area contributed by atoms with Crippen molar-refractivity contribution in [2.75, 3.05) is 0 Å². The van der Waals surface area contributed by atoms with Crippen LogP contribution in [-0.2, 0) is 0 Å². The lowest BCUT2D eigenvalue weighted by Gasteiger charge is -2.13. The molecule has 4 heteroatoms. The summed E-state index contributed by atoms with van der Waals surface area (Å²) < 4.78 is 2.63. The zero-order valence-corrected chi connectivity index (χ0v) is 30.5. The Hall–Kier alpha value is -7.01. The minimum absolute atomic E-state index is 0.688. The molecule has 8 aromatic carbocycles. The first-order valence-corrected chi connectivity index (χ1v) is 19.3. The van der Waals surface area contributed by atoms with Crippen LogP contribution in [0.5, 0.6) is 0 Å². The number of hydrogen-bond acceptors (Lipinski definition) is 4. The number of benzene rings is 8. The summed E-state index contributed by atoms with van der Waals surface area (Å²) in [4.78, 5) is 14.8. The number of thiophene rings is 1. The van der Waals surface area contributed by atoms with Gasteiger partial charge >= 0.3 is 0 Å². The Morgan fingerprint density at radius 1 is 0.309 bits per heavy atom. The molecule has 0 aliphatic rings. The minimum atomic E-state index is 0.688. The molecule has 0 fully saturated rings. The highest BCUT2D eigenvalue weighted by molar-refractivity contribution is 7.25. The zero-order chi connectivity index (χ0) is 36.3. The molecule has 0 spiro atoms. The van der Waals surface area contributed by atoms with E-state index in [0.29, 0.717) is 5.82 Å². The van der Waals surface area contributed by atoms with Crippen LogP contribution in [0.25, 0.3) is 109 Å². The van der Waals surface area contributed by atoms with Gasteiger partial charge in [0.05, 0.1) is 11.4 Å². The lowest BCUT2D eigenvalue weighted by molar-refractivity contribution is 1.18. The predicted octanol–water partition coefficient (Wildman–Crippen LogP) is 14.0. The van der Waals surface area contributed by atoms with Crippen molar-refractivity contribution in [1.82, 2.24) is 15.0 Å². The Balaban J connectivity index is 1.04. The molecule has 0 saturated carbocycles. The van der Waals surface area contributed by atoms with Gasteiger partial charge in [0.25, 0.3) is 0 Å². The van der Waals surface area contributed by atoms with E-state index in [1.54, 1.807) is 6.20 Å². The van der Waals surface area contributed by atoms with Gasteiger partial charge in [-0.3, -0.25) is 4.98 Å². The second-order valence-electron chi connectivity index (χ2n) is 14.0. The van der Waals surface area contributed by atoms with Gasteiger partial charge in [-0.2, -0.15) is 0 Å². The number of nitrogens with zero attached hydrogens (tertiary/aromatic N) is 3. The smallest absolute Gasteiger partial charge is 0.160 e. The van der Waals surface area contributed by atoms with E-state index >= 15 is 0 Å². The van der Waals surface area contributed by atoms with Crippen LogP contribution in [0.1, 0.15) is 0 Å². The molecule has 11 aromatic rings. The summed E-state index contributed by atoms with van der Waals surface area (Å²) in [7, 11) is 0. The molecule has 0 atom stereocenters. The second-order valence-corrected chi connectivity index (χ2v) is 15.1. The third-order valence-corrected chi connectivity index (χ3v) is 11.9. The van der Waals surface area contributed by atoms with E-state index in [-0.39, 0.29) is 0 Å². The van der Waals surface area contributed by atoms with Crippen LogP contribution >= 0.6 is 11.3 Å². The Bertz CT molecular complexity index is 3200. The van der Waals surface area contributed by atoms with Gasteiger partial charge in [-0.25, -0.2) is 9.97 Å². The van der Waals surface area contributed by atoms with Gasteiger partial charge in [-0.05, 0) is 91.0 Å². The molecule has 0 aliphatic heterocycles. The maximum Gasteiger partial charge on any atom is 0.160 e. The van der Waals surface area contributed by atoms with E-state index in [1.807, 2.05) is 23.6 Å². The average molecular weight is 718 g/mol. The van der Waals surface area contributed by atoms with Crippen molar-refractivity contribution < 1.29 is 0 Å². The van der Waals surface area contributed by atoms with Crippen LogP contribution in [0, 0.1) is 0 Å². The van der Waals surface area contributed by atoms with Crippen LogP contribution in [0.15, 0.2) is 188 Å². The topological polar surface area (TPSA) is 38.7 Å². The van der Waals surface area contributed by atoms with E-state index in [9.17, 15) is 0 Å². The monoisotopic (exact) mass is 717 g/mol. The fraction of sp³-hybridized carbons (Fsp3) is 0. The lowest BCUT2D eigenvalue weighted by Crippen LogP contribution is -1.96. The van der Waals surface area contributed by atoms with Crippen molar-refractivity contribution in [3.63, 3.8) is 0 Å². The standard InChI is InChI=1S/C51H31N3S/c1-2-11-41-39(9-1)40-10-3-4-12-42(40)45-29-37(23-25-43(41)45)48-30-47(53-51(54-48)35-21-17-33(18-22-35)38-8-7-27-52-31-38)34-19-15-32(16-20-34)36-24-26-50-46(28-36)44-13-5-6-14-49(44)55-50/h1-31H. The Kier molecular flexibility index (Phi) is 7.35. The van der Waals surface area contributed by atoms with Gasteiger partial charge in [0, 0.05) is 49.3 Å². The zero-order valence-electron chi connectivity index (χ0n) is 29.6. The number of pyridine rings is 1. The van der Waals surface area contributed by atoms with Gasteiger partial charge in [-0.15, -0.1) is 11.3 Å². The fourth-order valence-corrected chi connectivity index (χ4v) is 9.11. The number of aromatic nitrogens is 3. The molecule has 0 radical (unpaired) electrons. The molecule has 3 heterocycles. The Morgan fingerprint density at radius 3 is 1.51 bits per heavy atom. The maximum atomic E-state index is 5.24. The van der Waals surface area contributed by atoms with Crippen LogP contribution < -0.4 is 0 Å². The SMILES string of the molecule is c1cncc(-c2ccc(-c3nc(-c4ccc(-c5ccc6sc7ccccc7c6c5)cc4)cc(-c4ccc5c6ccccc6c6ccccc6c5c4)n3)cc2)c1.